The van der Waals surface area contributed by atoms with Gasteiger partial charge in [0.05, 0.1) is 13.7 Å². The van der Waals surface area contributed by atoms with E-state index in [1.807, 2.05) is 24.3 Å². The molecule has 1 heterocycles. The number of β-lactam (4-membered cyclic amide) rings is 1. The summed E-state index contributed by atoms with van der Waals surface area (Å²) in [5.41, 5.74) is 1.21. The maximum Gasteiger partial charge on any atom is 0.333 e. The molecule has 5 heteroatoms. The lowest BCUT2D eigenvalue weighted by atomic mass is 9.95. The van der Waals surface area contributed by atoms with Crippen molar-refractivity contribution >= 4 is 11.9 Å². The lowest BCUT2D eigenvalue weighted by molar-refractivity contribution is -0.159. The van der Waals surface area contributed by atoms with Gasteiger partial charge in [-0.2, -0.15) is 0 Å². The van der Waals surface area contributed by atoms with Gasteiger partial charge in [0.15, 0.2) is 6.04 Å². The summed E-state index contributed by atoms with van der Waals surface area (Å²) in [4.78, 5) is 25.0. The molecule has 1 amide bonds. The molecule has 0 N–H and O–H groups in total. The second-order valence-electron chi connectivity index (χ2n) is 4.46. The molecule has 20 heavy (non-hydrogen) atoms. The van der Waals surface area contributed by atoms with Crippen molar-refractivity contribution in [3.05, 3.63) is 42.0 Å². The first-order valence-corrected chi connectivity index (χ1v) is 6.37. The summed E-state index contributed by atoms with van der Waals surface area (Å²) >= 11 is 0. The van der Waals surface area contributed by atoms with Crippen LogP contribution in [0.1, 0.15) is 12.5 Å². The van der Waals surface area contributed by atoms with Gasteiger partial charge in [-0.15, -0.1) is 0 Å². The van der Waals surface area contributed by atoms with Gasteiger partial charge < -0.3 is 14.4 Å². The molecule has 0 aromatic heterocycles. The lowest BCUT2D eigenvalue weighted by Gasteiger charge is -2.40. The summed E-state index contributed by atoms with van der Waals surface area (Å²) in [7, 11) is 1.59. The van der Waals surface area contributed by atoms with E-state index < -0.39 is 12.0 Å². The third kappa shape index (κ3) is 2.52. The number of benzene rings is 1. The Labute approximate surface area is 117 Å². The van der Waals surface area contributed by atoms with Crippen molar-refractivity contribution in [1.29, 1.82) is 0 Å². The van der Waals surface area contributed by atoms with Gasteiger partial charge in [0.2, 0.25) is 0 Å². The minimum atomic E-state index is -0.662. The van der Waals surface area contributed by atoms with E-state index >= 15 is 0 Å². The molecule has 2 rings (SSSR count). The maximum absolute atomic E-state index is 11.8. The van der Waals surface area contributed by atoms with Crippen LogP contribution >= 0.6 is 0 Å². The number of hydrogen-bond donors (Lipinski definition) is 0. The topological polar surface area (TPSA) is 55.8 Å². The largest absolute Gasteiger partial charge is 0.497 e. The Morgan fingerprint density at radius 3 is 2.55 bits per heavy atom. The Hall–Kier alpha value is -2.30. The lowest BCUT2D eigenvalue weighted by Crippen LogP contribution is -2.58. The Morgan fingerprint density at radius 1 is 1.35 bits per heavy atom. The van der Waals surface area contributed by atoms with Crippen molar-refractivity contribution in [2.75, 3.05) is 13.7 Å². The number of methoxy groups -OCH3 is 1. The molecule has 1 atom stereocenters. The van der Waals surface area contributed by atoms with Crippen LogP contribution in [0.5, 0.6) is 5.75 Å². The molecule has 0 saturated carbocycles. The van der Waals surface area contributed by atoms with Gasteiger partial charge in [-0.3, -0.25) is 4.79 Å². The maximum atomic E-state index is 11.8. The SMILES string of the molecule is C=C1C(=O)N(Cc2ccc(OC)cc2)C1C(=O)OCC. The van der Waals surface area contributed by atoms with Crippen LogP contribution in [0.3, 0.4) is 0 Å². The highest BCUT2D eigenvalue weighted by Gasteiger charge is 2.46. The summed E-state index contributed by atoms with van der Waals surface area (Å²) in [6.45, 7) is 6.00. The molecule has 106 valence electrons. The number of nitrogens with zero attached hydrogens (tertiary/aromatic N) is 1. The predicted molar refractivity (Wildman–Crippen MR) is 73.1 cm³/mol. The number of carbonyl (C=O) groups excluding carboxylic acids is 2. The monoisotopic (exact) mass is 275 g/mol. The molecule has 1 aromatic carbocycles. The fourth-order valence-electron chi connectivity index (χ4n) is 2.12. The summed E-state index contributed by atoms with van der Waals surface area (Å²) in [5, 5.41) is 0. The number of esters is 1. The molecular formula is C15H17NO4. The predicted octanol–water partition coefficient (Wildman–Crippen LogP) is 1.53. The fraction of sp³-hybridized carbons (Fsp3) is 0.333. The number of hydrogen-bond acceptors (Lipinski definition) is 4. The van der Waals surface area contributed by atoms with Crippen molar-refractivity contribution in [2.24, 2.45) is 0 Å². The van der Waals surface area contributed by atoms with Gasteiger partial charge in [-0.25, -0.2) is 4.79 Å². The molecule has 0 aliphatic carbocycles. The number of carbonyl (C=O) groups is 2. The highest BCUT2D eigenvalue weighted by atomic mass is 16.5. The number of rotatable bonds is 5. The van der Waals surface area contributed by atoms with Crippen LogP contribution in [0, 0.1) is 0 Å². The van der Waals surface area contributed by atoms with Crippen molar-refractivity contribution in [3.63, 3.8) is 0 Å². The smallest absolute Gasteiger partial charge is 0.333 e. The average molecular weight is 275 g/mol. The Kier molecular flexibility index (Phi) is 4.08. The van der Waals surface area contributed by atoms with E-state index in [0.717, 1.165) is 11.3 Å². The van der Waals surface area contributed by atoms with Crippen molar-refractivity contribution in [2.45, 2.75) is 19.5 Å². The molecular weight excluding hydrogens is 258 g/mol. The second-order valence-corrected chi connectivity index (χ2v) is 4.46. The van der Waals surface area contributed by atoms with Gasteiger partial charge in [-0.1, -0.05) is 18.7 Å². The van der Waals surface area contributed by atoms with E-state index in [-0.39, 0.29) is 18.1 Å². The van der Waals surface area contributed by atoms with Gasteiger partial charge in [0, 0.05) is 12.1 Å². The molecule has 0 bridgehead atoms. The molecule has 1 unspecified atom stereocenters. The van der Waals surface area contributed by atoms with Gasteiger partial charge in [0.1, 0.15) is 5.75 Å². The highest BCUT2D eigenvalue weighted by Crippen LogP contribution is 2.28. The van der Waals surface area contributed by atoms with Crippen LogP contribution < -0.4 is 4.74 Å². The number of amides is 1. The number of ether oxygens (including phenoxy) is 2. The summed E-state index contributed by atoms with van der Waals surface area (Å²) < 4.78 is 10.0. The summed E-state index contributed by atoms with van der Waals surface area (Å²) in [6.07, 6.45) is 0. The van der Waals surface area contributed by atoms with E-state index in [1.54, 1.807) is 14.0 Å². The van der Waals surface area contributed by atoms with Crippen molar-refractivity contribution in [3.8, 4) is 5.75 Å². The van der Waals surface area contributed by atoms with E-state index in [4.69, 9.17) is 9.47 Å². The third-order valence-corrected chi connectivity index (χ3v) is 3.20. The first kappa shape index (κ1) is 14.1. The van der Waals surface area contributed by atoms with E-state index in [1.165, 1.54) is 4.90 Å². The molecule has 1 aliphatic heterocycles. The van der Waals surface area contributed by atoms with Crippen molar-refractivity contribution in [1.82, 2.24) is 4.90 Å². The molecule has 1 aromatic rings. The highest BCUT2D eigenvalue weighted by molar-refractivity contribution is 6.09. The van der Waals surface area contributed by atoms with Gasteiger partial charge in [-0.05, 0) is 24.6 Å². The minimum Gasteiger partial charge on any atom is -0.497 e. The zero-order chi connectivity index (χ0) is 14.7. The Bertz CT molecular complexity index is 535. The molecule has 1 saturated heterocycles. The molecule has 1 aliphatic rings. The van der Waals surface area contributed by atoms with Crippen LogP contribution in [-0.4, -0.2) is 36.5 Å². The van der Waals surface area contributed by atoms with Gasteiger partial charge in [0.25, 0.3) is 5.91 Å². The van der Waals surface area contributed by atoms with Gasteiger partial charge >= 0.3 is 5.97 Å². The quantitative estimate of drug-likeness (QED) is 0.464. The van der Waals surface area contributed by atoms with E-state index in [2.05, 4.69) is 6.58 Å². The Balaban J connectivity index is 2.08. The normalized spacial score (nSPS) is 17.7. The molecule has 0 radical (unpaired) electrons. The van der Waals surface area contributed by atoms with Crippen LogP contribution in [0.2, 0.25) is 0 Å². The van der Waals surface area contributed by atoms with Crippen LogP contribution in [-0.2, 0) is 20.9 Å². The summed E-state index contributed by atoms with van der Waals surface area (Å²) in [6, 6.07) is 6.68. The zero-order valence-corrected chi connectivity index (χ0v) is 11.6. The first-order valence-electron chi connectivity index (χ1n) is 6.37. The zero-order valence-electron chi connectivity index (χ0n) is 11.6. The molecule has 5 nitrogen and oxygen atoms in total. The molecule has 1 fully saturated rings. The van der Waals surface area contributed by atoms with E-state index in [0.29, 0.717) is 6.54 Å². The molecule has 0 spiro atoms. The fourth-order valence-corrected chi connectivity index (χ4v) is 2.12. The van der Waals surface area contributed by atoms with Crippen molar-refractivity contribution < 1.29 is 19.1 Å². The Morgan fingerprint density at radius 2 is 2.00 bits per heavy atom. The third-order valence-electron chi connectivity index (χ3n) is 3.20. The first-order chi connectivity index (χ1) is 9.58. The average Bonchev–Trinajstić information content (AvgIpc) is 2.47. The summed E-state index contributed by atoms with van der Waals surface area (Å²) in [5.74, 6) is 0.111. The standard InChI is InChI=1S/C15H17NO4/c1-4-20-15(18)13-10(2)14(17)16(13)9-11-5-7-12(19-3)8-6-11/h5-8,13H,2,4,9H2,1,3H3. The van der Waals surface area contributed by atoms with E-state index in [9.17, 15) is 9.59 Å². The van der Waals surface area contributed by atoms with Crippen LogP contribution in [0.25, 0.3) is 0 Å². The number of likely N-dealkylation sites (tertiary alicyclic amines) is 1. The minimum absolute atomic E-state index is 0.209. The van der Waals surface area contributed by atoms with Crippen LogP contribution in [0.15, 0.2) is 36.4 Å². The second kappa shape index (κ2) is 5.77. The van der Waals surface area contributed by atoms with Crippen LogP contribution in [0.4, 0.5) is 0 Å².